The molecule has 0 spiro atoms. The number of hydrogen-bond acceptors (Lipinski definition) is 1. The summed E-state index contributed by atoms with van der Waals surface area (Å²) < 4.78 is 0. The van der Waals surface area contributed by atoms with E-state index in [0.29, 0.717) is 0 Å². The first kappa shape index (κ1) is 19.8. The smallest absolute Gasteiger partial charge is 0.0789 e. The van der Waals surface area contributed by atoms with Crippen molar-refractivity contribution in [3.05, 3.63) is 125 Å². The molecule has 2 aliphatic carbocycles. The minimum atomic E-state index is 1.07. The topological polar surface area (TPSA) is 12.9 Å². The molecule has 5 aromatic carbocycles. The molecule has 1 aromatic heterocycles. The zero-order valence-electron chi connectivity index (χ0n) is 19.8. The van der Waals surface area contributed by atoms with Crippen molar-refractivity contribution in [2.24, 2.45) is 0 Å². The number of benzene rings is 5. The molecule has 0 atom stereocenters. The van der Waals surface area contributed by atoms with E-state index in [1.54, 1.807) is 0 Å². The number of rotatable bonds is 2. The third-order valence-electron chi connectivity index (χ3n) is 7.93. The van der Waals surface area contributed by atoms with E-state index in [9.17, 15) is 0 Å². The van der Waals surface area contributed by atoms with Crippen LogP contribution in [0.25, 0.3) is 66.7 Å². The van der Waals surface area contributed by atoms with Crippen molar-refractivity contribution in [2.75, 3.05) is 0 Å². The Bertz CT molecular complexity index is 1980. The largest absolute Gasteiger partial charge is 0.256 e. The maximum atomic E-state index is 4.85. The molecule has 168 valence electrons. The highest BCUT2D eigenvalue weighted by atomic mass is 14.7. The summed E-state index contributed by atoms with van der Waals surface area (Å²) in [5.41, 5.74) is 10.4. The highest BCUT2D eigenvalue weighted by Gasteiger charge is 2.27. The molecule has 36 heavy (non-hydrogen) atoms. The number of hydrogen-bond donors (Lipinski definition) is 0. The fourth-order valence-corrected chi connectivity index (χ4v) is 6.33. The van der Waals surface area contributed by atoms with Gasteiger partial charge >= 0.3 is 0 Å². The van der Waals surface area contributed by atoms with Crippen LogP contribution in [-0.2, 0) is 0 Å². The molecule has 0 bridgehead atoms. The summed E-state index contributed by atoms with van der Waals surface area (Å²) in [5, 5.41) is 7.94. The highest BCUT2D eigenvalue weighted by Crippen LogP contribution is 2.39. The molecule has 8 rings (SSSR count). The van der Waals surface area contributed by atoms with Crippen molar-refractivity contribution in [1.82, 2.24) is 4.98 Å². The predicted octanol–water partition coefficient (Wildman–Crippen LogP) is 7.48. The van der Waals surface area contributed by atoms with Crippen LogP contribution in [0.2, 0.25) is 0 Å². The molecule has 2 aliphatic rings. The molecule has 0 amide bonds. The predicted molar refractivity (Wildman–Crippen MR) is 151 cm³/mol. The van der Waals surface area contributed by atoms with E-state index in [1.807, 2.05) is 6.20 Å². The van der Waals surface area contributed by atoms with Crippen LogP contribution in [0, 0.1) is 0 Å². The van der Waals surface area contributed by atoms with Gasteiger partial charge in [0.05, 0.1) is 5.69 Å². The van der Waals surface area contributed by atoms with Crippen molar-refractivity contribution < 1.29 is 0 Å². The van der Waals surface area contributed by atoms with Crippen molar-refractivity contribution in [2.45, 2.75) is 12.8 Å². The minimum absolute atomic E-state index is 1.07. The molecular weight excluding hydrogens is 434 g/mol. The molecule has 1 heterocycles. The lowest BCUT2D eigenvalue weighted by molar-refractivity contribution is 1.09. The maximum absolute atomic E-state index is 4.85. The molecule has 1 heteroatoms. The van der Waals surface area contributed by atoms with E-state index in [4.69, 9.17) is 4.98 Å². The second-order valence-corrected chi connectivity index (χ2v) is 9.84. The second-order valence-electron chi connectivity index (χ2n) is 9.84. The lowest BCUT2D eigenvalue weighted by Crippen LogP contribution is -2.32. The number of nitrogens with zero attached hydrogens (tertiary/aromatic N) is 1. The van der Waals surface area contributed by atoms with Gasteiger partial charge in [-0.25, -0.2) is 0 Å². The maximum Gasteiger partial charge on any atom is 0.0789 e. The SMILES string of the molecule is C1=c2c(-c3ccc(-c4ccc5ccccc5c4)cc3)c3ccccc3c3c2=C(CC1)c1cccnc1-3. The Morgan fingerprint density at radius 1 is 0.583 bits per heavy atom. The normalized spacial score (nSPS) is 13.5. The Morgan fingerprint density at radius 3 is 2.17 bits per heavy atom. The average Bonchev–Trinajstić information content (AvgIpc) is 3.29. The minimum Gasteiger partial charge on any atom is -0.256 e. The summed E-state index contributed by atoms with van der Waals surface area (Å²) in [6, 6.07) is 37.6. The van der Waals surface area contributed by atoms with E-state index >= 15 is 0 Å². The third kappa shape index (κ3) is 2.74. The molecule has 0 unspecified atom stereocenters. The van der Waals surface area contributed by atoms with Gasteiger partial charge in [-0.3, -0.25) is 4.98 Å². The molecule has 0 N–H and O–H groups in total. The first-order valence-electron chi connectivity index (χ1n) is 12.7. The van der Waals surface area contributed by atoms with Gasteiger partial charge in [-0.05, 0) is 84.8 Å². The number of fused-ring (bicyclic) bond motifs is 6. The lowest BCUT2D eigenvalue weighted by atomic mass is 9.88. The summed E-state index contributed by atoms with van der Waals surface area (Å²) >= 11 is 0. The van der Waals surface area contributed by atoms with Crippen LogP contribution in [0.5, 0.6) is 0 Å². The van der Waals surface area contributed by atoms with Gasteiger partial charge in [0.1, 0.15) is 0 Å². The Hall–Kier alpha value is -4.49. The van der Waals surface area contributed by atoms with Gasteiger partial charge in [0.25, 0.3) is 0 Å². The summed E-state index contributed by atoms with van der Waals surface area (Å²) in [5.74, 6) is 0. The third-order valence-corrected chi connectivity index (χ3v) is 7.93. The quantitative estimate of drug-likeness (QED) is 0.263. The average molecular weight is 458 g/mol. The number of pyridine rings is 1. The Balaban J connectivity index is 1.37. The van der Waals surface area contributed by atoms with Crippen LogP contribution in [0.4, 0.5) is 0 Å². The van der Waals surface area contributed by atoms with Crippen LogP contribution in [0.3, 0.4) is 0 Å². The van der Waals surface area contributed by atoms with Crippen LogP contribution < -0.4 is 10.4 Å². The van der Waals surface area contributed by atoms with Gasteiger partial charge in [0.2, 0.25) is 0 Å². The molecule has 1 nitrogen and oxygen atoms in total. The second kappa shape index (κ2) is 7.50. The Kier molecular flexibility index (Phi) is 4.12. The van der Waals surface area contributed by atoms with Crippen LogP contribution in [-0.4, -0.2) is 4.98 Å². The summed E-state index contributed by atoms with van der Waals surface area (Å²) in [6.45, 7) is 0. The van der Waals surface area contributed by atoms with Gasteiger partial charge in [0, 0.05) is 17.3 Å². The fraction of sp³-hybridized carbons (Fsp3) is 0.0571. The van der Waals surface area contributed by atoms with Crippen LogP contribution >= 0.6 is 0 Å². The lowest BCUT2D eigenvalue weighted by Gasteiger charge is -2.15. The molecule has 0 aliphatic heterocycles. The first-order valence-corrected chi connectivity index (χ1v) is 12.7. The number of aromatic nitrogens is 1. The molecule has 6 aromatic rings. The van der Waals surface area contributed by atoms with Crippen molar-refractivity contribution in [1.29, 1.82) is 0 Å². The molecular formula is C35H23N. The Labute approximate surface area is 209 Å². The van der Waals surface area contributed by atoms with Crippen molar-refractivity contribution in [3.63, 3.8) is 0 Å². The Morgan fingerprint density at radius 2 is 1.31 bits per heavy atom. The standard InChI is InChI=1S/C35H23N/c1-2-8-25-21-26(19-16-22(25)7-1)23-14-17-24(18-15-23)32-27-9-3-4-10-28(27)34-33-29(11-5-12-31(32)33)30-13-6-20-36-35(30)34/h1-4,6-10,12-21H,5,11H2. The van der Waals surface area contributed by atoms with E-state index in [1.165, 1.54) is 70.9 Å². The summed E-state index contributed by atoms with van der Waals surface area (Å²) in [4.78, 5) is 4.85. The van der Waals surface area contributed by atoms with Crippen molar-refractivity contribution in [3.8, 4) is 33.5 Å². The fourth-order valence-electron chi connectivity index (χ4n) is 6.33. The first-order chi connectivity index (χ1) is 17.9. The highest BCUT2D eigenvalue weighted by molar-refractivity contribution is 6.09. The molecule has 0 saturated heterocycles. The zero-order valence-corrected chi connectivity index (χ0v) is 19.8. The van der Waals surface area contributed by atoms with Gasteiger partial charge < -0.3 is 0 Å². The molecule has 0 radical (unpaired) electrons. The zero-order chi connectivity index (χ0) is 23.6. The molecule has 0 saturated carbocycles. The van der Waals surface area contributed by atoms with Gasteiger partial charge in [0.15, 0.2) is 0 Å². The van der Waals surface area contributed by atoms with E-state index in [0.717, 1.165) is 18.5 Å². The van der Waals surface area contributed by atoms with Gasteiger partial charge in [-0.2, -0.15) is 0 Å². The van der Waals surface area contributed by atoms with E-state index in [2.05, 4.69) is 109 Å². The van der Waals surface area contributed by atoms with E-state index in [-0.39, 0.29) is 0 Å². The summed E-state index contributed by atoms with van der Waals surface area (Å²) in [7, 11) is 0. The monoisotopic (exact) mass is 457 g/mol. The van der Waals surface area contributed by atoms with E-state index < -0.39 is 0 Å². The summed E-state index contributed by atoms with van der Waals surface area (Å²) in [6.07, 6.45) is 6.53. The van der Waals surface area contributed by atoms with Crippen molar-refractivity contribution >= 4 is 33.2 Å². The van der Waals surface area contributed by atoms with Gasteiger partial charge in [-0.1, -0.05) is 97.1 Å². The van der Waals surface area contributed by atoms with Gasteiger partial charge in [-0.15, -0.1) is 0 Å². The molecule has 0 fully saturated rings. The van der Waals surface area contributed by atoms with Crippen LogP contribution in [0.15, 0.2) is 109 Å². The van der Waals surface area contributed by atoms with Crippen LogP contribution in [0.1, 0.15) is 18.4 Å².